The van der Waals surface area contributed by atoms with E-state index in [2.05, 4.69) is 10.3 Å². The Hall–Kier alpha value is -1.76. The Morgan fingerprint density at radius 1 is 1.40 bits per heavy atom. The molecule has 1 heterocycles. The van der Waals surface area contributed by atoms with Gasteiger partial charge >= 0.3 is 5.69 Å². The Morgan fingerprint density at radius 2 is 2.00 bits per heavy atom. The normalized spacial score (nSPS) is 11.9. The Labute approximate surface area is 117 Å². The predicted octanol–water partition coefficient (Wildman–Crippen LogP) is 0.348. The lowest BCUT2D eigenvalue weighted by molar-refractivity contribution is 0.260. The third-order valence-electron chi connectivity index (χ3n) is 2.99. The molecule has 0 aliphatic carbocycles. The molecule has 7 heteroatoms. The number of nitrogens with one attached hydrogen (secondary N) is 2. The van der Waals surface area contributed by atoms with Gasteiger partial charge in [0.2, 0.25) is 0 Å². The molecule has 7 nitrogen and oxygen atoms in total. The summed E-state index contributed by atoms with van der Waals surface area (Å²) in [6, 6.07) is 0. The number of hydrogen-bond acceptors (Lipinski definition) is 5. The molecule has 114 valence electrons. The summed E-state index contributed by atoms with van der Waals surface area (Å²) < 4.78 is 1.35. The van der Waals surface area contributed by atoms with Crippen molar-refractivity contribution in [2.24, 2.45) is 5.92 Å². The summed E-state index contributed by atoms with van der Waals surface area (Å²) in [7, 11) is 0. The van der Waals surface area contributed by atoms with Gasteiger partial charge in [0, 0.05) is 18.7 Å². The van der Waals surface area contributed by atoms with Crippen LogP contribution < -0.4 is 22.3 Å². The monoisotopic (exact) mass is 284 g/mol. The number of hydrogen-bond donors (Lipinski definition) is 4. The van der Waals surface area contributed by atoms with Crippen molar-refractivity contribution in [2.45, 2.75) is 46.2 Å². The van der Waals surface area contributed by atoms with Gasteiger partial charge in [-0.3, -0.25) is 14.3 Å². The van der Waals surface area contributed by atoms with Crippen LogP contribution in [0.2, 0.25) is 0 Å². The molecular formula is C13H24N4O3. The number of nitrogens with two attached hydrogens (primary N) is 1. The molecule has 20 heavy (non-hydrogen) atoms. The molecule has 0 aliphatic heterocycles. The van der Waals surface area contributed by atoms with Gasteiger partial charge < -0.3 is 16.2 Å². The largest absolute Gasteiger partial charge is 0.396 e. The SMILES string of the molecule is CC(C)Cn1c(N)c(NC(C)(C)CCO)c(=O)[nH]c1=O. The van der Waals surface area contributed by atoms with Gasteiger partial charge in [0.1, 0.15) is 11.5 Å². The van der Waals surface area contributed by atoms with Crippen LogP contribution in [-0.2, 0) is 6.54 Å². The molecular weight excluding hydrogens is 260 g/mol. The minimum Gasteiger partial charge on any atom is -0.396 e. The van der Waals surface area contributed by atoms with Crippen LogP contribution in [-0.4, -0.2) is 26.8 Å². The Bertz CT molecular complexity index is 572. The first-order valence-electron chi connectivity index (χ1n) is 6.69. The van der Waals surface area contributed by atoms with Crippen molar-refractivity contribution in [2.75, 3.05) is 17.7 Å². The van der Waals surface area contributed by atoms with Crippen LogP contribution >= 0.6 is 0 Å². The topological polar surface area (TPSA) is 113 Å². The van der Waals surface area contributed by atoms with Crippen molar-refractivity contribution in [3.05, 3.63) is 20.8 Å². The van der Waals surface area contributed by atoms with Crippen molar-refractivity contribution in [3.63, 3.8) is 0 Å². The van der Waals surface area contributed by atoms with E-state index in [9.17, 15) is 9.59 Å². The van der Waals surface area contributed by atoms with Crippen LogP contribution in [0.4, 0.5) is 11.5 Å². The number of H-pyrrole nitrogens is 1. The van der Waals surface area contributed by atoms with Gasteiger partial charge in [-0.1, -0.05) is 13.8 Å². The number of aliphatic hydroxyl groups is 1. The maximum atomic E-state index is 11.9. The van der Waals surface area contributed by atoms with E-state index in [0.717, 1.165) is 0 Å². The average Bonchev–Trinajstić information content (AvgIpc) is 2.30. The summed E-state index contributed by atoms with van der Waals surface area (Å²) in [4.78, 5) is 26.0. The quantitative estimate of drug-likeness (QED) is 0.602. The zero-order valence-electron chi connectivity index (χ0n) is 12.5. The number of nitrogens with zero attached hydrogens (tertiary/aromatic N) is 1. The minimum absolute atomic E-state index is 0.0105. The average molecular weight is 284 g/mol. The first kappa shape index (κ1) is 16.3. The third-order valence-corrected chi connectivity index (χ3v) is 2.99. The maximum absolute atomic E-state index is 11.9. The van der Waals surface area contributed by atoms with Gasteiger partial charge in [-0.05, 0) is 26.2 Å². The van der Waals surface area contributed by atoms with Crippen molar-refractivity contribution >= 4 is 11.5 Å². The zero-order valence-corrected chi connectivity index (χ0v) is 12.5. The summed E-state index contributed by atoms with van der Waals surface area (Å²) in [5.74, 6) is 0.345. The van der Waals surface area contributed by atoms with Crippen molar-refractivity contribution in [3.8, 4) is 0 Å². The number of nitrogen functional groups attached to an aromatic ring is 1. The van der Waals surface area contributed by atoms with E-state index in [1.165, 1.54) is 4.57 Å². The molecule has 0 aliphatic rings. The molecule has 0 unspecified atom stereocenters. The van der Waals surface area contributed by atoms with E-state index in [4.69, 9.17) is 10.8 Å². The number of anilines is 2. The zero-order chi connectivity index (χ0) is 15.5. The Balaban J connectivity index is 3.27. The molecule has 0 atom stereocenters. The van der Waals surface area contributed by atoms with Gasteiger partial charge in [0.05, 0.1) is 0 Å². The molecule has 0 bridgehead atoms. The van der Waals surface area contributed by atoms with Crippen molar-refractivity contribution in [1.82, 2.24) is 9.55 Å². The third kappa shape index (κ3) is 3.86. The van der Waals surface area contributed by atoms with Crippen LogP contribution in [0.25, 0.3) is 0 Å². The molecule has 0 saturated heterocycles. The molecule has 5 N–H and O–H groups in total. The van der Waals surface area contributed by atoms with Crippen LogP contribution in [0.1, 0.15) is 34.1 Å². The van der Waals surface area contributed by atoms with E-state index >= 15 is 0 Å². The lowest BCUT2D eigenvalue weighted by Crippen LogP contribution is -2.40. The summed E-state index contributed by atoms with van der Waals surface area (Å²) >= 11 is 0. The molecule has 1 rings (SSSR count). The number of aromatic amines is 1. The minimum atomic E-state index is -0.543. The molecule has 0 radical (unpaired) electrons. The number of rotatable bonds is 6. The molecule has 0 spiro atoms. The van der Waals surface area contributed by atoms with Crippen LogP contribution in [0.15, 0.2) is 9.59 Å². The highest BCUT2D eigenvalue weighted by molar-refractivity contribution is 5.61. The molecule has 0 aromatic carbocycles. The number of aliphatic hydroxyl groups excluding tert-OH is 1. The highest BCUT2D eigenvalue weighted by Crippen LogP contribution is 2.19. The smallest absolute Gasteiger partial charge is 0.330 e. The first-order valence-corrected chi connectivity index (χ1v) is 6.69. The molecule has 0 saturated carbocycles. The second kappa shape index (κ2) is 6.13. The summed E-state index contributed by atoms with van der Waals surface area (Å²) in [5, 5.41) is 12.0. The van der Waals surface area contributed by atoms with E-state index in [1.54, 1.807) is 0 Å². The van der Waals surface area contributed by atoms with Crippen LogP contribution in [0, 0.1) is 5.92 Å². The van der Waals surface area contributed by atoms with E-state index in [1.807, 2.05) is 27.7 Å². The van der Waals surface area contributed by atoms with Gasteiger partial charge in [0.25, 0.3) is 5.56 Å². The lowest BCUT2D eigenvalue weighted by Gasteiger charge is -2.27. The van der Waals surface area contributed by atoms with Gasteiger partial charge in [0.15, 0.2) is 0 Å². The maximum Gasteiger partial charge on any atom is 0.330 e. The summed E-state index contributed by atoms with van der Waals surface area (Å²) in [6.45, 7) is 8.03. The lowest BCUT2D eigenvalue weighted by atomic mass is 10.0. The first-order chi connectivity index (χ1) is 9.18. The van der Waals surface area contributed by atoms with Crippen LogP contribution in [0.5, 0.6) is 0 Å². The van der Waals surface area contributed by atoms with Crippen LogP contribution in [0.3, 0.4) is 0 Å². The Kier molecular flexibility index (Phi) is 4.99. The fraction of sp³-hybridized carbons (Fsp3) is 0.692. The van der Waals surface area contributed by atoms with E-state index < -0.39 is 16.8 Å². The van der Waals surface area contributed by atoms with Gasteiger partial charge in [-0.2, -0.15) is 0 Å². The molecule has 1 aromatic rings. The molecule has 1 aromatic heterocycles. The van der Waals surface area contributed by atoms with Crippen molar-refractivity contribution < 1.29 is 5.11 Å². The van der Waals surface area contributed by atoms with E-state index in [-0.39, 0.29) is 24.0 Å². The van der Waals surface area contributed by atoms with E-state index in [0.29, 0.717) is 13.0 Å². The highest BCUT2D eigenvalue weighted by atomic mass is 16.3. The highest BCUT2D eigenvalue weighted by Gasteiger charge is 2.21. The fourth-order valence-corrected chi connectivity index (χ4v) is 1.94. The van der Waals surface area contributed by atoms with Gasteiger partial charge in [-0.25, -0.2) is 4.79 Å². The second-order valence-electron chi connectivity index (χ2n) is 6.01. The molecule has 0 fully saturated rings. The van der Waals surface area contributed by atoms with Gasteiger partial charge in [-0.15, -0.1) is 0 Å². The fourth-order valence-electron chi connectivity index (χ4n) is 1.94. The number of aromatic nitrogens is 2. The second-order valence-corrected chi connectivity index (χ2v) is 6.01. The standard InChI is InChI=1S/C13H24N4O3/c1-8(2)7-17-10(14)9(11(19)15-12(17)20)16-13(3,4)5-6-18/h8,16,18H,5-7,14H2,1-4H3,(H,15,19,20). The molecule has 0 amide bonds. The summed E-state index contributed by atoms with van der Waals surface area (Å²) in [6.07, 6.45) is 0.454. The predicted molar refractivity (Wildman–Crippen MR) is 80.0 cm³/mol. The summed E-state index contributed by atoms with van der Waals surface area (Å²) in [5.41, 5.74) is 4.57. The Morgan fingerprint density at radius 3 is 2.50 bits per heavy atom. The van der Waals surface area contributed by atoms with Crippen molar-refractivity contribution in [1.29, 1.82) is 0 Å².